The fourth-order valence-electron chi connectivity index (χ4n) is 1.78. The van der Waals surface area contributed by atoms with Crippen molar-refractivity contribution in [3.8, 4) is 0 Å². The third kappa shape index (κ3) is 2.38. The van der Waals surface area contributed by atoms with Gasteiger partial charge in [-0.1, -0.05) is 0 Å². The highest BCUT2D eigenvalue weighted by Crippen LogP contribution is 2.29. The van der Waals surface area contributed by atoms with E-state index in [1.54, 1.807) is 6.20 Å². The lowest BCUT2D eigenvalue weighted by molar-refractivity contribution is 0.408. The molecule has 0 unspecified atom stereocenters. The fourth-order valence-corrected chi connectivity index (χ4v) is 3.27. The second-order valence-corrected chi connectivity index (χ2v) is 6.09. The van der Waals surface area contributed by atoms with Crippen molar-refractivity contribution in [3.63, 3.8) is 0 Å². The minimum absolute atomic E-state index is 0.182. The Balaban J connectivity index is 2.07. The lowest BCUT2D eigenvalue weighted by Crippen LogP contribution is -2.21. The van der Waals surface area contributed by atoms with Crippen molar-refractivity contribution in [3.05, 3.63) is 17.8 Å². The Morgan fingerprint density at radius 2 is 2.13 bits per heavy atom. The lowest BCUT2D eigenvalue weighted by atomic mass is 10.0. The van der Waals surface area contributed by atoms with Crippen LogP contribution in [0.25, 0.3) is 0 Å². The number of nitrogens with two attached hydrogens (primary N) is 1. The van der Waals surface area contributed by atoms with Crippen molar-refractivity contribution in [2.75, 3.05) is 11.5 Å². The molecule has 0 aliphatic carbocycles. The molecule has 84 valence electrons. The Labute approximate surface area is 88.6 Å². The molecule has 15 heavy (non-hydrogen) atoms. The van der Waals surface area contributed by atoms with Crippen LogP contribution in [0.1, 0.15) is 30.4 Å². The standard InChI is InChI=1S/C9H14N2O3S/c10-5-9-11-6-8(14-9)7-1-3-15(12,13)4-2-7/h6-7H,1-5,10H2. The number of hydrogen-bond acceptors (Lipinski definition) is 5. The van der Waals surface area contributed by atoms with E-state index in [2.05, 4.69) is 4.98 Å². The van der Waals surface area contributed by atoms with E-state index in [0.29, 0.717) is 18.7 Å². The molecule has 0 radical (unpaired) electrons. The van der Waals surface area contributed by atoms with Crippen molar-refractivity contribution in [1.82, 2.24) is 4.98 Å². The average molecular weight is 230 g/mol. The first-order valence-electron chi connectivity index (χ1n) is 4.96. The van der Waals surface area contributed by atoms with Gasteiger partial charge in [0.2, 0.25) is 5.89 Å². The Bertz CT molecular complexity index is 424. The summed E-state index contributed by atoms with van der Waals surface area (Å²) in [7, 11) is -2.81. The number of nitrogens with zero attached hydrogens (tertiary/aromatic N) is 1. The van der Waals surface area contributed by atoms with Gasteiger partial charge < -0.3 is 10.2 Å². The van der Waals surface area contributed by atoms with Gasteiger partial charge in [-0.2, -0.15) is 0 Å². The molecule has 0 spiro atoms. The van der Waals surface area contributed by atoms with E-state index >= 15 is 0 Å². The Morgan fingerprint density at radius 3 is 2.67 bits per heavy atom. The monoisotopic (exact) mass is 230 g/mol. The van der Waals surface area contributed by atoms with Crippen molar-refractivity contribution in [2.45, 2.75) is 25.3 Å². The summed E-state index contributed by atoms with van der Waals surface area (Å²) in [6.07, 6.45) is 2.91. The van der Waals surface area contributed by atoms with Crippen LogP contribution in [0.15, 0.2) is 10.6 Å². The summed E-state index contributed by atoms with van der Waals surface area (Å²) in [6.45, 7) is 0.283. The van der Waals surface area contributed by atoms with Crippen LogP contribution in [0, 0.1) is 0 Å². The summed E-state index contributed by atoms with van der Waals surface area (Å²) >= 11 is 0. The largest absolute Gasteiger partial charge is 0.444 e. The molecule has 1 aliphatic heterocycles. The molecule has 1 aromatic heterocycles. The molecular weight excluding hydrogens is 216 g/mol. The summed E-state index contributed by atoms with van der Waals surface area (Å²) < 4.78 is 27.9. The van der Waals surface area contributed by atoms with Crippen LogP contribution < -0.4 is 5.73 Å². The second-order valence-electron chi connectivity index (χ2n) is 3.79. The minimum atomic E-state index is -2.81. The maximum absolute atomic E-state index is 11.2. The van der Waals surface area contributed by atoms with E-state index in [-0.39, 0.29) is 24.0 Å². The molecule has 2 rings (SSSR count). The van der Waals surface area contributed by atoms with Gasteiger partial charge in [-0.25, -0.2) is 13.4 Å². The van der Waals surface area contributed by atoms with Gasteiger partial charge in [-0.3, -0.25) is 0 Å². The molecule has 2 heterocycles. The summed E-state index contributed by atoms with van der Waals surface area (Å²) in [4.78, 5) is 4.01. The van der Waals surface area contributed by atoms with Crippen molar-refractivity contribution in [2.24, 2.45) is 5.73 Å². The van der Waals surface area contributed by atoms with Crippen LogP contribution in [0.5, 0.6) is 0 Å². The minimum Gasteiger partial charge on any atom is -0.444 e. The molecular formula is C9H14N2O3S. The van der Waals surface area contributed by atoms with Gasteiger partial charge in [-0.05, 0) is 12.8 Å². The molecule has 1 aliphatic rings. The van der Waals surface area contributed by atoms with Gasteiger partial charge in [0.1, 0.15) is 15.6 Å². The first-order valence-corrected chi connectivity index (χ1v) is 6.78. The number of aromatic nitrogens is 1. The van der Waals surface area contributed by atoms with Gasteiger partial charge in [0.05, 0.1) is 24.2 Å². The predicted molar refractivity (Wildman–Crippen MR) is 55.0 cm³/mol. The average Bonchev–Trinajstić information content (AvgIpc) is 2.66. The van der Waals surface area contributed by atoms with Crippen LogP contribution in [-0.4, -0.2) is 24.9 Å². The van der Waals surface area contributed by atoms with Crippen LogP contribution in [0.3, 0.4) is 0 Å². The zero-order valence-electron chi connectivity index (χ0n) is 8.35. The molecule has 1 saturated heterocycles. The van der Waals surface area contributed by atoms with Gasteiger partial charge in [0.25, 0.3) is 0 Å². The van der Waals surface area contributed by atoms with Crippen molar-refractivity contribution in [1.29, 1.82) is 0 Å². The zero-order valence-corrected chi connectivity index (χ0v) is 9.16. The first kappa shape index (κ1) is 10.6. The highest BCUT2D eigenvalue weighted by molar-refractivity contribution is 7.91. The van der Waals surface area contributed by atoms with Crippen LogP contribution in [-0.2, 0) is 16.4 Å². The molecule has 6 heteroatoms. The summed E-state index contributed by atoms with van der Waals surface area (Å²) in [5, 5.41) is 0. The Hall–Kier alpha value is -0.880. The fraction of sp³-hybridized carbons (Fsp3) is 0.667. The van der Waals surface area contributed by atoms with E-state index in [0.717, 1.165) is 5.76 Å². The quantitative estimate of drug-likeness (QED) is 0.796. The Morgan fingerprint density at radius 1 is 1.47 bits per heavy atom. The summed E-state index contributed by atoms with van der Waals surface area (Å²) in [5.74, 6) is 1.96. The molecule has 0 aromatic carbocycles. The van der Waals surface area contributed by atoms with E-state index in [9.17, 15) is 8.42 Å². The van der Waals surface area contributed by atoms with Gasteiger partial charge in [0.15, 0.2) is 0 Å². The number of hydrogen-bond donors (Lipinski definition) is 1. The molecule has 0 bridgehead atoms. The molecule has 1 aromatic rings. The Kier molecular flexibility index (Phi) is 2.79. The maximum atomic E-state index is 11.2. The number of oxazole rings is 1. The van der Waals surface area contributed by atoms with E-state index < -0.39 is 9.84 Å². The summed E-state index contributed by atoms with van der Waals surface area (Å²) in [5.41, 5.74) is 5.38. The van der Waals surface area contributed by atoms with Gasteiger partial charge in [-0.15, -0.1) is 0 Å². The highest BCUT2D eigenvalue weighted by Gasteiger charge is 2.26. The SMILES string of the molecule is NCc1ncc(C2CCS(=O)(=O)CC2)o1. The van der Waals surface area contributed by atoms with Crippen molar-refractivity contribution < 1.29 is 12.8 Å². The highest BCUT2D eigenvalue weighted by atomic mass is 32.2. The predicted octanol–water partition coefficient (Wildman–Crippen LogP) is 0.425. The molecule has 0 atom stereocenters. The van der Waals surface area contributed by atoms with E-state index in [4.69, 9.17) is 10.2 Å². The van der Waals surface area contributed by atoms with Gasteiger partial charge in [0, 0.05) is 5.92 Å². The van der Waals surface area contributed by atoms with Crippen LogP contribution >= 0.6 is 0 Å². The molecule has 5 nitrogen and oxygen atoms in total. The van der Waals surface area contributed by atoms with E-state index in [1.807, 2.05) is 0 Å². The van der Waals surface area contributed by atoms with Crippen LogP contribution in [0.2, 0.25) is 0 Å². The second kappa shape index (κ2) is 3.94. The van der Waals surface area contributed by atoms with Crippen LogP contribution in [0.4, 0.5) is 0 Å². The summed E-state index contributed by atoms with van der Waals surface area (Å²) in [6, 6.07) is 0. The van der Waals surface area contributed by atoms with E-state index in [1.165, 1.54) is 0 Å². The molecule has 0 saturated carbocycles. The molecule has 1 fully saturated rings. The normalized spacial score (nSPS) is 21.7. The molecule has 2 N–H and O–H groups in total. The lowest BCUT2D eigenvalue weighted by Gasteiger charge is -2.19. The van der Waals surface area contributed by atoms with Gasteiger partial charge >= 0.3 is 0 Å². The molecule has 0 amide bonds. The smallest absolute Gasteiger partial charge is 0.208 e. The third-order valence-corrected chi connectivity index (χ3v) is 4.42. The zero-order chi connectivity index (χ0) is 10.9. The third-order valence-electron chi connectivity index (χ3n) is 2.70. The number of sulfone groups is 1. The van der Waals surface area contributed by atoms with Crippen molar-refractivity contribution >= 4 is 9.84 Å². The number of rotatable bonds is 2. The first-order chi connectivity index (χ1) is 7.11. The maximum Gasteiger partial charge on any atom is 0.208 e. The topological polar surface area (TPSA) is 86.2 Å².